The monoisotopic (exact) mass is 408 g/mol. The molecule has 0 aliphatic rings. The Labute approximate surface area is 178 Å². The fraction of sp³-hybridized carbons (Fsp3) is 0.435. The van der Waals surface area contributed by atoms with E-state index in [1.807, 2.05) is 23.0 Å². The zero-order valence-electron chi connectivity index (χ0n) is 18.1. The highest BCUT2D eigenvalue weighted by molar-refractivity contribution is 5.79. The second kappa shape index (κ2) is 11.2. The van der Waals surface area contributed by atoms with Crippen molar-refractivity contribution in [2.45, 2.75) is 52.5 Å². The van der Waals surface area contributed by atoms with Crippen molar-refractivity contribution in [1.82, 2.24) is 25.6 Å². The van der Waals surface area contributed by atoms with Crippen LogP contribution < -0.4 is 10.6 Å². The molecule has 1 aromatic carbocycles. The Hall–Kier alpha value is -3.09. The molecular formula is C23H32N6O. The molecule has 2 N–H and O–H groups in total. The summed E-state index contributed by atoms with van der Waals surface area (Å²) in [4.78, 5) is 4.64. The summed E-state index contributed by atoms with van der Waals surface area (Å²) in [6, 6.07) is 12.4. The lowest BCUT2D eigenvalue weighted by Gasteiger charge is -2.11. The molecule has 160 valence electrons. The molecule has 0 saturated carbocycles. The highest BCUT2D eigenvalue weighted by Crippen LogP contribution is 2.22. The molecule has 30 heavy (non-hydrogen) atoms. The Morgan fingerprint density at radius 3 is 2.60 bits per heavy atom. The third kappa shape index (κ3) is 5.95. The standard InChI is InChI=1S/C23H32N6O/c1-4-19(5-2)22-16-21(30-28-22)17-26-23(24-6-3)25-14-12-18-8-10-20(11-9-18)29-15-7-13-27-29/h7-11,13,15-16,19H,4-6,12,14,17H2,1-3H3,(H2,24,25,26). The number of benzene rings is 1. The average molecular weight is 409 g/mol. The fourth-order valence-electron chi connectivity index (χ4n) is 3.36. The second-order valence-electron chi connectivity index (χ2n) is 7.22. The Morgan fingerprint density at radius 2 is 1.93 bits per heavy atom. The number of hydrogen-bond acceptors (Lipinski definition) is 4. The van der Waals surface area contributed by atoms with E-state index < -0.39 is 0 Å². The van der Waals surface area contributed by atoms with Gasteiger partial charge in [0.25, 0.3) is 0 Å². The van der Waals surface area contributed by atoms with Gasteiger partial charge in [0.1, 0.15) is 6.54 Å². The van der Waals surface area contributed by atoms with Crippen LogP contribution in [0, 0.1) is 0 Å². The summed E-state index contributed by atoms with van der Waals surface area (Å²) >= 11 is 0. The Morgan fingerprint density at radius 1 is 1.13 bits per heavy atom. The maximum Gasteiger partial charge on any atom is 0.191 e. The van der Waals surface area contributed by atoms with Gasteiger partial charge in [0.05, 0.1) is 11.4 Å². The van der Waals surface area contributed by atoms with Crippen LogP contribution in [-0.4, -0.2) is 34.0 Å². The quantitative estimate of drug-likeness (QED) is 0.391. The SMILES string of the molecule is CCNC(=NCc1cc(C(CC)CC)no1)NCCc1ccc(-n2cccn2)cc1. The zero-order chi connectivity index (χ0) is 21.2. The number of aliphatic imine (C=N–C) groups is 1. The summed E-state index contributed by atoms with van der Waals surface area (Å²) in [5.41, 5.74) is 3.35. The summed E-state index contributed by atoms with van der Waals surface area (Å²) in [5, 5.41) is 15.2. The van der Waals surface area contributed by atoms with Crippen molar-refractivity contribution in [1.29, 1.82) is 0 Å². The molecule has 0 radical (unpaired) electrons. The van der Waals surface area contributed by atoms with E-state index in [0.29, 0.717) is 12.5 Å². The molecule has 7 heteroatoms. The van der Waals surface area contributed by atoms with Gasteiger partial charge in [0, 0.05) is 37.5 Å². The normalized spacial score (nSPS) is 11.8. The van der Waals surface area contributed by atoms with Crippen molar-refractivity contribution in [3.8, 4) is 5.69 Å². The van der Waals surface area contributed by atoms with Crippen molar-refractivity contribution in [2.24, 2.45) is 4.99 Å². The van der Waals surface area contributed by atoms with E-state index in [4.69, 9.17) is 4.52 Å². The van der Waals surface area contributed by atoms with Crippen LogP contribution in [0.3, 0.4) is 0 Å². The van der Waals surface area contributed by atoms with E-state index in [1.54, 1.807) is 6.20 Å². The maximum atomic E-state index is 5.47. The van der Waals surface area contributed by atoms with Gasteiger partial charge in [-0.25, -0.2) is 9.67 Å². The third-order valence-corrected chi connectivity index (χ3v) is 5.13. The molecule has 0 spiro atoms. The summed E-state index contributed by atoms with van der Waals surface area (Å²) in [6.07, 6.45) is 6.77. The Balaban J connectivity index is 1.51. The molecule has 0 aliphatic carbocycles. The van der Waals surface area contributed by atoms with Gasteiger partial charge >= 0.3 is 0 Å². The zero-order valence-corrected chi connectivity index (χ0v) is 18.1. The largest absolute Gasteiger partial charge is 0.359 e. The molecule has 3 aromatic rings. The molecule has 0 bridgehead atoms. The van der Waals surface area contributed by atoms with Crippen molar-refractivity contribution >= 4 is 5.96 Å². The first kappa shape index (κ1) is 21.6. The molecule has 0 atom stereocenters. The van der Waals surface area contributed by atoms with Crippen molar-refractivity contribution < 1.29 is 4.52 Å². The topological polar surface area (TPSA) is 80.3 Å². The van der Waals surface area contributed by atoms with E-state index >= 15 is 0 Å². The molecule has 0 saturated heterocycles. The summed E-state index contributed by atoms with van der Waals surface area (Å²) in [5.74, 6) is 2.03. The second-order valence-corrected chi connectivity index (χ2v) is 7.22. The lowest BCUT2D eigenvalue weighted by atomic mass is 9.99. The van der Waals surface area contributed by atoms with Crippen LogP contribution >= 0.6 is 0 Å². The number of nitrogens with zero attached hydrogens (tertiary/aromatic N) is 4. The summed E-state index contributed by atoms with van der Waals surface area (Å²) < 4.78 is 7.33. The van der Waals surface area contributed by atoms with E-state index in [0.717, 1.165) is 55.5 Å². The summed E-state index contributed by atoms with van der Waals surface area (Å²) in [6.45, 7) is 8.49. The third-order valence-electron chi connectivity index (χ3n) is 5.13. The predicted molar refractivity (Wildman–Crippen MR) is 120 cm³/mol. The van der Waals surface area contributed by atoms with Crippen LogP contribution in [0.4, 0.5) is 0 Å². The smallest absolute Gasteiger partial charge is 0.191 e. The molecular weight excluding hydrogens is 376 g/mol. The molecule has 0 amide bonds. The van der Waals surface area contributed by atoms with Crippen LogP contribution in [0.2, 0.25) is 0 Å². The van der Waals surface area contributed by atoms with E-state index in [9.17, 15) is 0 Å². The van der Waals surface area contributed by atoms with Gasteiger partial charge in [-0.15, -0.1) is 0 Å². The van der Waals surface area contributed by atoms with Crippen LogP contribution in [0.25, 0.3) is 5.69 Å². The number of hydrogen-bond donors (Lipinski definition) is 2. The highest BCUT2D eigenvalue weighted by Gasteiger charge is 2.12. The molecule has 3 rings (SSSR count). The minimum Gasteiger partial charge on any atom is -0.359 e. The number of aromatic nitrogens is 3. The van der Waals surface area contributed by atoms with Gasteiger partial charge in [0.2, 0.25) is 0 Å². The van der Waals surface area contributed by atoms with Crippen LogP contribution in [0.5, 0.6) is 0 Å². The number of nitrogens with one attached hydrogen (secondary N) is 2. The number of rotatable bonds is 10. The molecule has 2 aromatic heterocycles. The molecule has 0 aliphatic heterocycles. The highest BCUT2D eigenvalue weighted by atomic mass is 16.5. The minimum atomic E-state index is 0.456. The van der Waals surface area contributed by atoms with Crippen molar-refractivity contribution in [3.05, 3.63) is 65.8 Å². The van der Waals surface area contributed by atoms with E-state index in [2.05, 4.69) is 70.9 Å². The minimum absolute atomic E-state index is 0.456. The fourth-order valence-corrected chi connectivity index (χ4v) is 3.36. The predicted octanol–water partition coefficient (Wildman–Crippen LogP) is 4.06. The van der Waals surface area contributed by atoms with Crippen LogP contribution in [0.1, 0.15) is 56.5 Å². The van der Waals surface area contributed by atoms with Gasteiger partial charge < -0.3 is 15.2 Å². The lowest BCUT2D eigenvalue weighted by molar-refractivity contribution is 0.372. The first-order valence-electron chi connectivity index (χ1n) is 10.8. The van der Waals surface area contributed by atoms with Crippen molar-refractivity contribution in [2.75, 3.05) is 13.1 Å². The van der Waals surface area contributed by atoms with Gasteiger partial charge in [-0.2, -0.15) is 5.10 Å². The van der Waals surface area contributed by atoms with Gasteiger partial charge in [-0.3, -0.25) is 0 Å². The van der Waals surface area contributed by atoms with Gasteiger partial charge in [0.15, 0.2) is 11.7 Å². The Kier molecular flexibility index (Phi) is 8.06. The summed E-state index contributed by atoms with van der Waals surface area (Å²) in [7, 11) is 0. The Bertz CT molecular complexity index is 894. The maximum absolute atomic E-state index is 5.47. The first-order chi connectivity index (χ1) is 14.7. The number of guanidine groups is 1. The molecule has 7 nitrogen and oxygen atoms in total. The van der Waals surface area contributed by atoms with E-state index in [-0.39, 0.29) is 0 Å². The van der Waals surface area contributed by atoms with Gasteiger partial charge in [-0.05, 0) is 49.9 Å². The van der Waals surface area contributed by atoms with E-state index in [1.165, 1.54) is 5.56 Å². The average Bonchev–Trinajstić information content (AvgIpc) is 3.46. The van der Waals surface area contributed by atoms with Crippen molar-refractivity contribution in [3.63, 3.8) is 0 Å². The molecule has 0 fully saturated rings. The molecule has 0 unspecified atom stereocenters. The first-order valence-corrected chi connectivity index (χ1v) is 10.8. The van der Waals surface area contributed by atoms with Gasteiger partial charge in [-0.1, -0.05) is 31.1 Å². The lowest BCUT2D eigenvalue weighted by Crippen LogP contribution is -2.38. The van der Waals surface area contributed by atoms with Crippen LogP contribution in [0.15, 0.2) is 58.3 Å². The molecule has 2 heterocycles. The van der Waals surface area contributed by atoms with Crippen LogP contribution in [-0.2, 0) is 13.0 Å².